The Morgan fingerprint density at radius 3 is 3.05 bits per heavy atom. The minimum absolute atomic E-state index is 0.00666. The molecule has 98 valence electrons. The number of amides is 1. The van der Waals surface area contributed by atoms with E-state index in [9.17, 15) is 4.79 Å². The molecular formula is C12H14N6O. The predicted octanol–water partition coefficient (Wildman–Crippen LogP) is 0.353. The van der Waals surface area contributed by atoms with Crippen molar-refractivity contribution >= 4 is 11.6 Å². The lowest BCUT2D eigenvalue weighted by Gasteiger charge is -2.10. The molecule has 0 unspecified atom stereocenters. The second kappa shape index (κ2) is 5.15. The summed E-state index contributed by atoms with van der Waals surface area (Å²) in [5, 5.41) is 9.99. The lowest BCUT2D eigenvalue weighted by Crippen LogP contribution is -2.35. The molecule has 1 aliphatic rings. The quantitative estimate of drug-likeness (QED) is 0.830. The van der Waals surface area contributed by atoms with E-state index in [0.717, 1.165) is 19.4 Å². The summed E-state index contributed by atoms with van der Waals surface area (Å²) < 4.78 is 1.56. The van der Waals surface area contributed by atoms with Crippen LogP contribution in [0.4, 0.5) is 5.69 Å². The smallest absolute Gasteiger partial charge is 0.241 e. The number of carbonyl (C=O) groups excluding carboxylic acids is 1. The molecule has 19 heavy (non-hydrogen) atoms. The Kier molecular flexibility index (Phi) is 3.20. The van der Waals surface area contributed by atoms with Crippen molar-refractivity contribution in [3.63, 3.8) is 0 Å². The van der Waals surface area contributed by atoms with Gasteiger partial charge in [0.2, 0.25) is 5.91 Å². The van der Waals surface area contributed by atoms with E-state index in [0.29, 0.717) is 11.5 Å². The highest BCUT2D eigenvalue weighted by Crippen LogP contribution is 2.11. The minimum Gasteiger partial charge on any atom is -0.323 e. The molecule has 7 nitrogen and oxygen atoms in total. The standard InChI is InChI=1S/C12H14N6O/c19-12(10-2-1-5-14-10)17-9-3-4-11(15-6-9)18-8-13-7-16-18/h3-4,6-8,10,14H,1-2,5H2,(H,17,19)/t10-/m1/s1. The molecule has 0 aromatic carbocycles. The van der Waals surface area contributed by atoms with Crippen LogP contribution in [0.2, 0.25) is 0 Å². The zero-order valence-corrected chi connectivity index (χ0v) is 10.3. The van der Waals surface area contributed by atoms with Gasteiger partial charge in [-0.05, 0) is 31.5 Å². The molecule has 1 saturated heterocycles. The van der Waals surface area contributed by atoms with Crippen LogP contribution in [0.25, 0.3) is 5.82 Å². The van der Waals surface area contributed by atoms with Gasteiger partial charge in [-0.15, -0.1) is 0 Å². The van der Waals surface area contributed by atoms with Crippen molar-refractivity contribution in [3.8, 4) is 5.82 Å². The summed E-state index contributed by atoms with van der Waals surface area (Å²) in [5.41, 5.74) is 0.683. The number of nitrogens with zero attached hydrogens (tertiary/aromatic N) is 4. The number of anilines is 1. The highest BCUT2D eigenvalue weighted by atomic mass is 16.2. The zero-order chi connectivity index (χ0) is 13.1. The Labute approximate surface area is 110 Å². The maximum Gasteiger partial charge on any atom is 0.241 e. The third-order valence-corrected chi connectivity index (χ3v) is 3.05. The number of aromatic nitrogens is 4. The Morgan fingerprint density at radius 2 is 2.42 bits per heavy atom. The largest absolute Gasteiger partial charge is 0.323 e. The summed E-state index contributed by atoms with van der Waals surface area (Å²) in [6.45, 7) is 0.904. The second-order valence-electron chi connectivity index (χ2n) is 4.38. The molecule has 0 radical (unpaired) electrons. The fraction of sp³-hybridized carbons (Fsp3) is 0.333. The van der Waals surface area contributed by atoms with E-state index in [1.807, 2.05) is 0 Å². The van der Waals surface area contributed by atoms with Crippen molar-refractivity contribution in [2.24, 2.45) is 0 Å². The van der Waals surface area contributed by atoms with E-state index in [2.05, 4.69) is 25.7 Å². The first-order chi connectivity index (χ1) is 9.33. The number of hydrogen-bond acceptors (Lipinski definition) is 5. The van der Waals surface area contributed by atoms with Gasteiger partial charge in [-0.25, -0.2) is 14.6 Å². The lowest BCUT2D eigenvalue weighted by atomic mass is 10.2. The van der Waals surface area contributed by atoms with Crippen molar-refractivity contribution in [2.75, 3.05) is 11.9 Å². The highest BCUT2D eigenvalue weighted by Gasteiger charge is 2.21. The Bertz CT molecular complexity index is 544. The summed E-state index contributed by atoms with van der Waals surface area (Å²) in [7, 11) is 0. The van der Waals surface area contributed by atoms with Crippen LogP contribution in [0.5, 0.6) is 0 Å². The normalized spacial score (nSPS) is 18.4. The third-order valence-electron chi connectivity index (χ3n) is 3.05. The molecule has 7 heteroatoms. The van der Waals surface area contributed by atoms with Crippen LogP contribution >= 0.6 is 0 Å². The molecule has 0 saturated carbocycles. The van der Waals surface area contributed by atoms with Gasteiger partial charge in [0.25, 0.3) is 0 Å². The third kappa shape index (κ3) is 2.60. The summed E-state index contributed by atoms with van der Waals surface area (Å²) in [6, 6.07) is 3.50. The van der Waals surface area contributed by atoms with E-state index < -0.39 is 0 Å². The van der Waals surface area contributed by atoms with Crippen LogP contribution in [0.1, 0.15) is 12.8 Å². The molecule has 2 N–H and O–H groups in total. The van der Waals surface area contributed by atoms with E-state index in [1.54, 1.807) is 29.3 Å². The summed E-state index contributed by atoms with van der Waals surface area (Å²) in [4.78, 5) is 20.0. The van der Waals surface area contributed by atoms with Crippen LogP contribution < -0.4 is 10.6 Å². The number of rotatable bonds is 3. The molecule has 3 rings (SSSR count). The summed E-state index contributed by atoms with van der Waals surface area (Å²) in [5.74, 6) is 0.655. The van der Waals surface area contributed by atoms with Crippen molar-refractivity contribution in [1.82, 2.24) is 25.1 Å². The highest BCUT2D eigenvalue weighted by molar-refractivity contribution is 5.94. The van der Waals surface area contributed by atoms with E-state index >= 15 is 0 Å². The van der Waals surface area contributed by atoms with Crippen molar-refractivity contribution in [1.29, 1.82) is 0 Å². The molecule has 1 atom stereocenters. The SMILES string of the molecule is O=C(Nc1ccc(-n2cncn2)nc1)[C@H]1CCCN1. The fourth-order valence-electron chi connectivity index (χ4n) is 2.06. The van der Waals surface area contributed by atoms with E-state index in [1.165, 1.54) is 6.33 Å². The maximum absolute atomic E-state index is 11.9. The first kappa shape index (κ1) is 11.8. The van der Waals surface area contributed by atoms with Gasteiger partial charge < -0.3 is 10.6 Å². The van der Waals surface area contributed by atoms with Crippen LogP contribution in [0.3, 0.4) is 0 Å². The Balaban J connectivity index is 1.67. The first-order valence-corrected chi connectivity index (χ1v) is 6.18. The molecule has 0 spiro atoms. The topological polar surface area (TPSA) is 84.7 Å². The Morgan fingerprint density at radius 1 is 1.47 bits per heavy atom. The number of nitrogens with one attached hydrogen (secondary N) is 2. The molecule has 1 amide bonds. The van der Waals surface area contributed by atoms with E-state index in [4.69, 9.17) is 0 Å². The van der Waals surface area contributed by atoms with Gasteiger partial charge in [0, 0.05) is 0 Å². The summed E-state index contributed by atoms with van der Waals surface area (Å²) >= 11 is 0. The van der Waals surface area contributed by atoms with Gasteiger partial charge in [0.1, 0.15) is 12.7 Å². The minimum atomic E-state index is -0.0880. The predicted molar refractivity (Wildman–Crippen MR) is 68.8 cm³/mol. The van der Waals surface area contributed by atoms with Crippen molar-refractivity contribution in [3.05, 3.63) is 31.0 Å². The van der Waals surface area contributed by atoms with E-state index in [-0.39, 0.29) is 11.9 Å². The number of hydrogen-bond donors (Lipinski definition) is 2. The van der Waals surface area contributed by atoms with Gasteiger partial charge in [0.05, 0.1) is 17.9 Å². The molecule has 2 aromatic heterocycles. The zero-order valence-electron chi connectivity index (χ0n) is 10.3. The van der Waals surface area contributed by atoms with Gasteiger partial charge in [-0.1, -0.05) is 0 Å². The van der Waals surface area contributed by atoms with Gasteiger partial charge in [-0.3, -0.25) is 4.79 Å². The molecule has 0 bridgehead atoms. The maximum atomic E-state index is 11.9. The molecule has 1 aliphatic heterocycles. The second-order valence-corrected chi connectivity index (χ2v) is 4.38. The number of pyridine rings is 1. The van der Waals surface area contributed by atoms with Gasteiger partial charge >= 0.3 is 0 Å². The van der Waals surface area contributed by atoms with Gasteiger partial charge in [0.15, 0.2) is 5.82 Å². The first-order valence-electron chi connectivity index (χ1n) is 6.18. The molecule has 0 aliphatic carbocycles. The lowest BCUT2D eigenvalue weighted by molar-refractivity contribution is -0.117. The molecule has 3 heterocycles. The van der Waals surface area contributed by atoms with Crippen LogP contribution in [0, 0.1) is 0 Å². The Hall–Kier alpha value is -2.28. The van der Waals surface area contributed by atoms with Crippen molar-refractivity contribution in [2.45, 2.75) is 18.9 Å². The van der Waals surface area contributed by atoms with Crippen molar-refractivity contribution < 1.29 is 4.79 Å². The van der Waals surface area contributed by atoms with Crippen LogP contribution in [-0.4, -0.2) is 38.2 Å². The number of carbonyl (C=O) groups is 1. The van der Waals surface area contributed by atoms with Crippen LogP contribution in [-0.2, 0) is 4.79 Å². The molecule has 1 fully saturated rings. The molecule has 2 aromatic rings. The average molecular weight is 258 g/mol. The van der Waals surface area contributed by atoms with Gasteiger partial charge in [-0.2, -0.15) is 5.10 Å². The summed E-state index contributed by atoms with van der Waals surface area (Å²) in [6.07, 6.45) is 6.56. The average Bonchev–Trinajstić information content (AvgIpc) is 3.13. The van der Waals surface area contributed by atoms with Crippen LogP contribution in [0.15, 0.2) is 31.0 Å². The molecular weight excluding hydrogens is 244 g/mol. The monoisotopic (exact) mass is 258 g/mol. The fourth-order valence-corrected chi connectivity index (χ4v) is 2.06.